The summed E-state index contributed by atoms with van der Waals surface area (Å²) < 4.78 is 5.74. The second kappa shape index (κ2) is 3.96. The minimum atomic E-state index is -0.905. The van der Waals surface area contributed by atoms with E-state index in [-0.39, 0.29) is 6.10 Å². The fraction of sp³-hybridized carbons (Fsp3) is 0.636. The highest BCUT2D eigenvalue weighted by Crippen LogP contribution is 2.36. The van der Waals surface area contributed by atoms with Crippen LogP contribution < -0.4 is 5.32 Å². The number of carboxylic acid groups (broad SMARTS) is 1. The highest BCUT2D eigenvalue weighted by atomic mass is 32.1. The lowest BCUT2D eigenvalue weighted by Crippen LogP contribution is -2.30. The van der Waals surface area contributed by atoms with E-state index < -0.39 is 5.97 Å². The van der Waals surface area contributed by atoms with Crippen LogP contribution in [0, 0.1) is 6.92 Å². The van der Waals surface area contributed by atoms with Crippen LogP contribution in [0.15, 0.2) is 0 Å². The summed E-state index contributed by atoms with van der Waals surface area (Å²) in [4.78, 5) is 15.5. The Labute approximate surface area is 103 Å². The molecular weight excluding hydrogens is 240 g/mol. The van der Waals surface area contributed by atoms with Crippen LogP contribution in [0.1, 0.15) is 34.6 Å². The van der Waals surface area contributed by atoms with Gasteiger partial charge in [0.15, 0.2) is 5.13 Å². The Morgan fingerprint density at radius 2 is 2.41 bits per heavy atom. The van der Waals surface area contributed by atoms with Crippen molar-refractivity contribution in [2.75, 3.05) is 5.32 Å². The van der Waals surface area contributed by atoms with E-state index in [4.69, 9.17) is 9.84 Å². The van der Waals surface area contributed by atoms with Crippen LogP contribution in [0.3, 0.4) is 0 Å². The molecule has 0 aliphatic carbocycles. The summed E-state index contributed by atoms with van der Waals surface area (Å²) in [5.74, 6) is -0.905. The van der Waals surface area contributed by atoms with Crippen molar-refractivity contribution < 1.29 is 14.6 Å². The first-order valence-corrected chi connectivity index (χ1v) is 6.58. The number of ether oxygens (including phenoxy) is 1. The molecule has 3 unspecified atom stereocenters. The maximum Gasteiger partial charge on any atom is 0.347 e. The SMILES string of the molecule is Cc1nc(NC2CC3CCC2O3)sc1C(=O)O. The molecule has 0 spiro atoms. The van der Waals surface area contributed by atoms with Crippen LogP contribution in [0.5, 0.6) is 0 Å². The molecule has 2 aliphatic rings. The molecule has 2 aliphatic heterocycles. The van der Waals surface area contributed by atoms with Gasteiger partial charge in [-0.2, -0.15) is 0 Å². The van der Waals surface area contributed by atoms with Gasteiger partial charge in [0.1, 0.15) is 4.88 Å². The lowest BCUT2D eigenvalue weighted by molar-refractivity contribution is 0.0701. The van der Waals surface area contributed by atoms with Gasteiger partial charge in [-0.25, -0.2) is 9.78 Å². The molecule has 3 rings (SSSR count). The number of thiazole rings is 1. The lowest BCUT2D eigenvalue weighted by Gasteiger charge is -2.19. The number of aromatic nitrogens is 1. The number of fused-ring (bicyclic) bond motifs is 2. The molecule has 3 heterocycles. The minimum absolute atomic E-state index is 0.275. The van der Waals surface area contributed by atoms with Crippen molar-refractivity contribution in [3.8, 4) is 0 Å². The maximum absolute atomic E-state index is 10.9. The van der Waals surface area contributed by atoms with E-state index in [0.29, 0.717) is 27.8 Å². The topological polar surface area (TPSA) is 71.5 Å². The van der Waals surface area contributed by atoms with Gasteiger partial charge in [-0.05, 0) is 26.2 Å². The normalized spacial score (nSPS) is 30.8. The number of nitrogens with one attached hydrogen (secondary N) is 1. The number of carboxylic acids is 1. The molecule has 0 amide bonds. The summed E-state index contributed by atoms with van der Waals surface area (Å²) in [5.41, 5.74) is 0.578. The number of hydrogen-bond donors (Lipinski definition) is 2. The van der Waals surface area contributed by atoms with Crippen molar-refractivity contribution in [3.05, 3.63) is 10.6 Å². The first-order valence-electron chi connectivity index (χ1n) is 5.76. The van der Waals surface area contributed by atoms with Crippen LogP contribution in [0.25, 0.3) is 0 Å². The van der Waals surface area contributed by atoms with Gasteiger partial charge in [0, 0.05) is 0 Å². The van der Waals surface area contributed by atoms with Gasteiger partial charge >= 0.3 is 5.97 Å². The molecule has 6 heteroatoms. The molecule has 1 aromatic rings. The Bertz CT molecular complexity index is 460. The largest absolute Gasteiger partial charge is 0.477 e. The highest BCUT2D eigenvalue weighted by Gasteiger charge is 2.41. The van der Waals surface area contributed by atoms with Gasteiger partial charge in [0.05, 0.1) is 23.9 Å². The summed E-state index contributed by atoms with van der Waals surface area (Å²) in [6.07, 6.45) is 3.92. The number of carbonyl (C=O) groups is 1. The van der Waals surface area contributed by atoms with Crippen molar-refractivity contribution in [1.29, 1.82) is 0 Å². The molecular formula is C11H14N2O3S. The van der Waals surface area contributed by atoms with E-state index in [1.54, 1.807) is 6.92 Å². The Morgan fingerprint density at radius 3 is 2.94 bits per heavy atom. The number of aryl methyl sites for hydroxylation is 1. The minimum Gasteiger partial charge on any atom is -0.477 e. The van der Waals surface area contributed by atoms with Gasteiger partial charge in [0.25, 0.3) is 0 Å². The Kier molecular flexibility index (Phi) is 2.56. The average molecular weight is 254 g/mol. The van der Waals surface area contributed by atoms with Gasteiger partial charge in [0.2, 0.25) is 0 Å². The third-order valence-corrected chi connectivity index (χ3v) is 4.48. The van der Waals surface area contributed by atoms with Crippen LogP contribution >= 0.6 is 11.3 Å². The molecule has 2 fully saturated rings. The molecule has 0 aromatic carbocycles. The molecule has 1 aromatic heterocycles. The van der Waals surface area contributed by atoms with Gasteiger partial charge in [-0.15, -0.1) is 0 Å². The third-order valence-electron chi connectivity index (χ3n) is 3.41. The third kappa shape index (κ3) is 1.91. The van der Waals surface area contributed by atoms with Crippen LogP contribution in [0.4, 0.5) is 5.13 Å². The summed E-state index contributed by atoms with van der Waals surface area (Å²) >= 11 is 1.20. The van der Waals surface area contributed by atoms with E-state index in [1.165, 1.54) is 11.3 Å². The van der Waals surface area contributed by atoms with E-state index in [1.807, 2.05) is 0 Å². The molecule has 2 N–H and O–H groups in total. The van der Waals surface area contributed by atoms with Crippen molar-refractivity contribution >= 4 is 22.4 Å². The summed E-state index contributed by atoms with van der Waals surface area (Å²) in [6, 6.07) is 0.293. The Hall–Kier alpha value is -1.14. The molecule has 0 radical (unpaired) electrons. The number of aromatic carboxylic acids is 1. The molecule has 0 saturated carbocycles. The first-order chi connectivity index (χ1) is 8.13. The van der Waals surface area contributed by atoms with E-state index in [9.17, 15) is 4.79 Å². The zero-order valence-electron chi connectivity index (χ0n) is 9.47. The van der Waals surface area contributed by atoms with Crippen LogP contribution in [-0.2, 0) is 4.74 Å². The fourth-order valence-electron chi connectivity index (χ4n) is 2.60. The van der Waals surface area contributed by atoms with Crippen LogP contribution in [0.2, 0.25) is 0 Å². The zero-order chi connectivity index (χ0) is 12.0. The van der Waals surface area contributed by atoms with E-state index in [0.717, 1.165) is 19.3 Å². The zero-order valence-corrected chi connectivity index (χ0v) is 10.3. The average Bonchev–Trinajstić information content (AvgIpc) is 2.93. The summed E-state index contributed by atoms with van der Waals surface area (Å²) in [5, 5.41) is 13.0. The quantitative estimate of drug-likeness (QED) is 0.861. The van der Waals surface area contributed by atoms with Gasteiger partial charge in [-0.1, -0.05) is 11.3 Å². The number of rotatable bonds is 3. The Balaban J connectivity index is 1.73. The van der Waals surface area contributed by atoms with Crippen LogP contribution in [-0.4, -0.2) is 34.3 Å². The lowest BCUT2D eigenvalue weighted by atomic mass is 9.96. The fourth-order valence-corrected chi connectivity index (χ4v) is 3.47. The number of hydrogen-bond acceptors (Lipinski definition) is 5. The van der Waals surface area contributed by atoms with Crippen molar-refractivity contribution in [3.63, 3.8) is 0 Å². The molecule has 5 nitrogen and oxygen atoms in total. The highest BCUT2D eigenvalue weighted by molar-refractivity contribution is 7.17. The second-order valence-electron chi connectivity index (χ2n) is 4.60. The smallest absolute Gasteiger partial charge is 0.347 e. The summed E-state index contributed by atoms with van der Waals surface area (Å²) in [6.45, 7) is 1.72. The van der Waals surface area contributed by atoms with Crippen molar-refractivity contribution in [1.82, 2.24) is 4.98 Å². The monoisotopic (exact) mass is 254 g/mol. The summed E-state index contributed by atoms with van der Waals surface area (Å²) in [7, 11) is 0. The standard InChI is InChI=1S/C11H14N2O3S/c1-5-9(10(14)15)17-11(12-5)13-7-4-6-2-3-8(7)16-6/h6-8H,2-4H2,1H3,(H,12,13)(H,14,15). The van der Waals surface area contributed by atoms with Gasteiger partial charge in [-0.3, -0.25) is 0 Å². The first kappa shape index (κ1) is 11.0. The van der Waals surface area contributed by atoms with Crippen molar-refractivity contribution in [2.45, 2.75) is 44.4 Å². The van der Waals surface area contributed by atoms with E-state index >= 15 is 0 Å². The molecule has 2 saturated heterocycles. The van der Waals surface area contributed by atoms with Crippen molar-refractivity contribution in [2.24, 2.45) is 0 Å². The predicted octanol–water partition coefficient (Wildman–Crippen LogP) is 1.88. The maximum atomic E-state index is 10.9. The predicted molar refractivity (Wildman–Crippen MR) is 63.7 cm³/mol. The number of anilines is 1. The molecule has 17 heavy (non-hydrogen) atoms. The van der Waals surface area contributed by atoms with Gasteiger partial charge < -0.3 is 15.2 Å². The Morgan fingerprint density at radius 1 is 1.59 bits per heavy atom. The molecule has 2 bridgehead atoms. The second-order valence-corrected chi connectivity index (χ2v) is 5.60. The molecule has 3 atom stereocenters. The molecule has 92 valence electrons. The number of nitrogens with zero attached hydrogens (tertiary/aromatic N) is 1. The van der Waals surface area contributed by atoms with E-state index in [2.05, 4.69) is 10.3 Å².